The lowest BCUT2D eigenvalue weighted by molar-refractivity contribution is 0.193. The lowest BCUT2D eigenvalue weighted by atomic mass is 10.1. The van der Waals surface area contributed by atoms with Crippen molar-refractivity contribution in [1.82, 2.24) is 0 Å². The average molecular weight is 279 g/mol. The molecular weight excluding hydrogens is 258 g/mol. The summed E-state index contributed by atoms with van der Waals surface area (Å²) in [6.07, 6.45) is 1.03. The van der Waals surface area contributed by atoms with Gasteiger partial charge in [-0.1, -0.05) is 13.0 Å². The summed E-state index contributed by atoms with van der Waals surface area (Å²) in [7, 11) is 2.06. The summed E-state index contributed by atoms with van der Waals surface area (Å²) in [5.41, 5.74) is 7.67. The first kappa shape index (κ1) is 14.2. The van der Waals surface area contributed by atoms with Gasteiger partial charge in [0.15, 0.2) is 0 Å². The minimum atomic E-state index is 0.136. The van der Waals surface area contributed by atoms with Crippen LogP contribution in [0, 0.1) is 5.41 Å². The second-order valence-electron chi connectivity index (χ2n) is 4.63. The van der Waals surface area contributed by atoms with E-state index in [4.69, 9.17) is 15.9 Å². The molecule has 1 aromatic rings. The molecule has 0 aliphatic carbocycles. The number of thioether (sulfide) groups is 1. The van der Waals surface area contributed by atoms with Crippen LogP contribution in [-0.4, -0.2) is 37.9 Å². The maximum Gasteiger partial charge on any atom is 0.126 e. The van der Waals surface area contributed by atoms with E-state index in [1.807, 2.05) is 18.2 Å². The number of nitrogens with two attached hydrogens (primary N) is 1. The van der Waals surface area contributed by atoms with Crippen molar-refractivity contribution in [2.45, 2.75) is 24.3 Å². The number of nitrogens with one attached hydrogen (secondary N) is 1. The third kappa shape index (κ3) is 3.04. The third-order valence-corrected chi connectivity index (χ3v) is 4.35. The van der Waals surface area contributed by atoms with Crippen LogP contribution in [0.4, 0.5) is 5.69 Å². The Morgan fingerprint density at radius 3 is 2.95 bits per heavy atom. The number of nitrogen functional groups attached to an aromatic ring is 1. The Kier molecular flexibility index (Phi) is 4.71. The van der Waals surface area contributed by atoms with Gasteiger partial charge in [0.1, 0.15) is 5.84 Å². The topological polar surface area (TPSA) is 62.3 Å². The van der Waals surface area contributed by atoms with Gasteiger partial charge in [-0.2, -0.15) is 0 Å². The molecule has 5 heteroatoms. The highest BCUT2D eigenvalue weighted by Gasteiger charge is 2.23. The molecular formula is C14H21N3OS. The summed E-state index contributed by atoms with van der Waals surface area (Å²) in [4.78, 5) is 3.28. The fraction of sp³-hybridized carbons (Fsp3) is 0.500. The van der Waals surface area contributed by atoms with Crippen molar-refractivity contribution < 1.29 is 4.74 Å². The van der Waals surface area contributed by atoms with Crippen LogP contribution in [0.15, 0.2) is 23.1 Å². The zero-order valence-corrected chi connectivity index (χ0v) is 12.3. The first-order valence-corrected chi connectivity index (χ1v) is 7.54. The van der Waals surface area contributed by atoms with E-state index in [-0.39, 0.29) is 5.84 Å². The SMILES string of the molecule is CCSc1cccc(N(C)C2CCOC2)c1C(=N)N. The van der Waals surface area contributed by atoms with Crippen molar-refractivity contribution in [1.29, 1.82) is 5.41 Å². The molecule has 1 aliphatic rings. The Balaban J connectivity index is 2.37. The second kappa shape index (κ2) is 6.30. The summed E-state index contributed by atoms with van der Waals surface area (Å²) in [6, 6.07) is 6.48. The molecule has 1 unspecified atom stereocenters. The van der Waals surface area contributed by atoms with Gasteiger partial charge >= 0.3 is 0 Å². The number of ether oxygens (including phenoxy) is 1. The first-order chi connectivity index (χ1) is 9.15. The Morgan fingerprint density at radius 1 is 1.58 bits per heavy atom. The van der Waals surface area contributed by atoms with Crippen LogP contribution in [0.2, 0.25) is 0 Å². The summed E-state index contributed by atoms with van der Waals surface area (Å²) >= 11 is 1.73. The van der Waals surface area contributed by atoms with Gasteiger partial charge in [-0.25, -0.2) is 0 Å². The number of hydrogen-bond acceptors (Lipinski definition) is 4. The smallest absolute Gasteiger partial charge is 0.126 e. The van der Waals surface area contributed by atoms with Gasteiger partial charge in [-0.05, 0) is 24.3 Å². The number of nitrogens with zero attached hydrogens (tertiary/aromatic N) is 1. The highest BCUT2D eigenvalue weighted by molar-refractivity contribution is 7.99. The Morgan fingerprint density at radius 2 is 2.37 bits per heavy atom. The first-order valence-electron chi connectivity index (χ1n) is 6.56. The lowest BCUT2D eigenvalue weighted by Crippen LogP contribution is -2.33. The average Bonchev–Trinajstić information content (AvgIpc) is 2.91. The largest absolute Gasteiger partial charge is 0.384 e. The molecule has 19 heavy (non-hydrogen) atoms. The molecule has 4 nitrogen and oxygen atoms in total. The van der Waals surface area contributed by atoms with E-state index in [1.54, 1.807) is 11.8 Å². The Hall–Kier alpha value is -1.20. The summed E-state index contributed by atoms with van der Waals surface area (Å²) in [5, 5.41) is 7.87. The lowest BCUT2D eigenvalue weighted by Gasteiger charge is -2.28. The van der Waals surface area contributed by atoms with Crippen LogP contribution in [-0.2, 0) is 4.74 Å². The quantitative estimate of drug-likeness (QED) is 0.493. The van der Waals surface area contributed by atoms with E-state index in [9.17, 15) is 0 Å². The third-order valence-electron chi connectivity index (χ3n) is 3.41. The molecule has 2 rings (SSSR count). The Labute approximate surface area is 118 Å². The number of likely N-dealkylation sites (N-methyl/N-ethyl adjacent to an activating group) is 1. The van der Waals surface area contributed by atoms with E-state index >= 15 is 0 Å². The molecule has 3 N–H and O–H groups in total. The molecule has 0 amide bonds. The standard InChI is InChI=1S/C14H21N3OS/c1-3-19-12-6-4-5-11(13(12)14(15)16)17(2)10-7-8-18-9-10/h4-6,10H,3,7-9H2,1-2H3,(H3,15,16). The maximum absolute atomic E-state index is 7.87. The van der Waals surface area contributed by atoms with Crippen molar-refractivity contribution in [3.63, 3.8) is 0 Å². The van der Waals surface area contributed by atoms with E-state index in [0.29, 0.717) is 6.04 Å². The number of anilines is 1. The zero-order chi connectivity index (χ0) is 13.8. The van der Waals surface area contributed by atoms with Crippen molar-refractivity contribution in [2.24, 2.45) is 5.73 Å². The van der Waals surface area contributed by atoms with Gasteiger partial charge in [-0.15, -0.1) is 11.8 Å². The fourth-order valence-corrected chi connectivity index (χ4v) is 3.23. The maximum atomic E-state index is 7.87. The number of hydrogen-bond donors (Lipinski definition) is 2. The molecule has 1 saturated heterocycles. The van der Waals surface area contributed by atoms with Crippen LogP contribution >= 0.6 is 11.8 Å². The van der Waals surface area contributed by atoms with E-state index < -0.39 is 0 Å². The molecule has 1 heterocycles. The van der Waals surface area contributed by atoms with Gasteiger partial charge in [0.25, 0.3) is 0 Å². The summed E-state index contributed by atoms with van der Waals surface area (Å²) in [6.45, 7) is 3.67. The van der Waals surface area contributed by atoms with Crippen LogP contribution in [0.25, 0.3) is 0 Å². The van der Waals surface area contributed by atoms with Crippen LogP contribution in [0.3, 0.4) is 0 Å². The van der Waals surface area contributed by atoms with Gasteiger partial charge < -0.3 is 15.4 Å². The van der Waals surface area contributed by atoms with Crippen molar-refractivity contribution >= 4 is 23.3 Å². The van der Waals surface area contributed by atoms with Crippen LogP contribution in [0.1, 0.15) is 18.9 Å². The van der Waals surface area contributed by atoms with Gasteiger partial charge in [0.2, 0.25) is 0 Å². The van der Waals surface area contributed by atoms with Crippen molar-refractivity contribution in [2.75, 3.05) is 30.9 Å². The minimum Gasteiger partial charge on any atom is -0.384 e. The fourth-order valence-electron chi connectivity index (χ4n) is 2.38. The molecule has 0 radical (unpaired) electrons. The molecule has 0 saturated carbocycles. The van der Waals surface area contributed by atoms with Crippen molar-refractivity contribution in [3.05, 3.63) is 23.8 Å². The number of amidine groups is 1. The number of rotatable bonds is 5. The van der Waals surface area contributed by atoms with Gasteiger partial charge in [-0.3, -0.25) is 5.41 Å². The van der Waals surface area contributed by atoms with Crippen molar-refractivity contribution in [3.8, 4) is 0 Å². The number of benzene rings is 1. The molecule has 1 fully saturated rings. The molecule has 0 bridgehead atoms. The van der Waals surface area contributed by atoms with E-state index in [1.165, 1.54) is 0 Å². The normalized spacial score (nSPS) is 18.5. The highest BCUT2D eigenvalue weighted by atomic mass is 32.2. The predicted octanol–water partition coefficient (Wildman–Crippen LogP) is 2.31. The molecule has 104 valence electrons. The van der Waals surface area contributed by atoms with Gasteiger partial charge in [0.05, 0.1) is 18.2 Å². The van der Waals surface area contributed by atoms with E-state index in [2.05, 4.69) is 18.9 Å². The van der Waals surface area contributed by atoms with Crippen LogP contribution in [0.5, 0.6) is 0 Å². The molecule has 1 aromatic carbocycles. The van der Waals surface area contributed by atoms with Crippen LogP contribution < -0.4 is 10.6 Å². The molecule has 1 aliphatic heterocycles. The monoisotopic (exact) mass is 279 g/mol. The zero-order valence-electron chi connectivity index (χ0n) is 11.5. The van der Waals surface area contributed by atoms with E-state index in [0.717, 1.165) is 41.5 Å². The molecule has 0 spiro atoms. The molecule has 1 atom stereocenters. The second-order valence-corrected chi connectivity index (χ2v) is 5.93. The summed E-state index contributed by atoms with van der Waals surface area (Å²) < 4.78 is 5.45. The minimum absolute atomic E-state index is 0.136. The summed E-state index contributed by atoms with van der Waals surface area (Å²) in [5.74, 6) is 1.11. The highest BCUT2D eigenvalue weighted by Crippen LogP contribution is 2.31. The van der Waals surface area contributed by atoms with Gasteiger partial charge in [0, 0.05) is 24.2 Å². The predicted molar refractivity (Wildman–Crippen MR) is 81.5 cm³/mol. The Bertz CT molecular complexity index is 458. The molecule has 0 aromatic heterocycles.